The Morgan fingerprint density at radius 1 is 0.536 bits per heavy atom. The van der Waals surface area contributed by atoms with Crippen molar-refractivity contribution in [2.45, 2.75) is 77.3 Å². The molecule has 2 aromatic heterocycles. The number of nitrogens with zero attached hydrogens (tertiary/aromatic N) is 2. The Kier molecular flexibility index (Phi) is 12.2. The summed E-state index contributed by atoms with van der Waals surface area (Å²) in [6.07, 6.45) is 10.5. The number of carbonyl (C=O) groups is 4. The summed E-state index contributed by atoms with van der Waals surface area (Å²) in [6.45, 7) is 0.628. The first-order valence-corrected chi connectivity index (χ1v) is 24.2. The molecule has 4 aliphatic carbocycles. The lowest BCUT2D eigenvalue weighted by atomic mass is 9.47. The van der Waals surface area contributed by atoms with E-state index in [1.807, 2.05) is 41.0 Å². The van der Waals surface area contributed by atoms with E-state index in [0.29, 0.717) is 100 Å². The van der Waals surface area contributed by atoms with Crippen molar-refractivity contribution in [3.8, 4) is 11.1 Å². The van der Waals surface area contributed by atoms with Crippen LogP contribution in [0.2, 0.25) is 0 Å². The quantitative estimate of drug-likeness (QED) is 0.0877. The SMILES string of the molecule is O=C(CC1CC2(C1)CC(C(=O)O)C2)c1ccc(F)c2ccn(Cc3ccc(-c4ccccc4)c(F)c3)c12.O=C(CC1CC2(C1)CC(C(=O)O)C2)c1ccc(F)c2ccn(Cc3ccc(Br)c(F)c3)c12. The third-order valence-electron chi connectivity index (χ3n) is 15.4. The summed E-state index contributed by atoms with van der Waals surface area (Å²) in [5.41, 5.74) is 4.96. The zero-order valence-electron chi connectivity index (χ0n) is 37.6. The molecule has 0 unspecified atom stereocenters. The fraction of sp³-hybridized carbons (Fsp3) is 0.321. The monoisotopic (exact) mass is 1000 g/mol. The number of Topliss-reactive ketones (excluding diaryl/α,β-unsaturated/α-hetero) is 2. The van der Waals surface area contributed by atoms with Crippen molar-refractivity contribution >= 4 is 61.2 Å². The number of aliphatic carboxylic acids is 2. The second-order valence-electron chi connectivity index (χ2n) is 20.2. The van der Waals surface area contributed by atoms with Crippen molar-refractivity contribution in [2.75, 3.05) is 0 Å². The summed E-state index contributed by atoms with van der Waals surface area (Å²) in [4.78, 5) is 48.7. The number of fused-ring (bicyclic) bond motifs is 2. The number of benzene rings is 5. The highest BCUT2D eigenvalue weighted by atomic mass is 79.9. The van der Waals surface area contributed by atoms with Gasteiger partial charge in [-0.2, -0.15) is 0 Å². The molecule has 5 aromatic carbocycles. The molecule has 13 heteroatoms. The van der Waals surface area contributed by atoms with E-state index in [2.05, 4.69) is 15.9 Å². The van der Waals surface area contributed by atoms with E-state index >= 15 is 0 Å². The molecule has 0 aliphatic heterocycles. The van der Waals surface area contributed by atoms with E-state index in [1.54, 1.807) is 53.4 Å². The van der Waals surface area contributed by atoms with Gasteiger partial charge in [-0.05, 0) is 161 Å². The molecule has 0 bridgehead atoms. The van der Waals surface area contributed by atoms with Gasteiger partial charge >= 0.3 is 11.9 Å². The molecule has 0 amide bonds. The van der Waals surface area contributed by atoms with Crippen molar-refractivity contribution < 1.29 is 47.0 Å². The van der Waals surface area contributed by atoms with Crippen LogP contribution in [0.4, 0.5) is 17.6 Å². The smallest absolute Gasteiger partial charge is 0.306 e. The maximum absolute atomic E-state index is 14.9. The minimum Gasteiger partial charge on any atom is -0.481 e. The molecule has 7 aromatic rings. The predicted molar refractivity (Wildman–Crippen MR) is 257 cm³/mol. The first-order chi connectivity index (χ1) is 33.1. The molecule has 11 rings (SSSR count). The van der Waals surface area contributed by atoms with E-state index in [-0.39, 0.29) is 57.7 Å². The number of carbonyl (C=O) groups excluding carboxylic acids is 2. The number of rotatable bonds is 13. The first kappa shape index (κ1) is 46.4. The number of halogens is 5. The predicted octanol–water partition coefficient (Wildman–Crippen LogP) is 13.3. The highest BCUT2D eigenvalue weighted by Crippen LogP contribution is 2.63. The molecule has 0 atom stereocenters. The normalized spacial score (nSPS) is 23.4. The average Bonchev–Trinajstić information content (AvgIpc) is 3.89. The van der Waals surface area contributed by atoms with E-state index in [9.17, 15) is 36.7 Å². The van der Waals surface area contributed by atoms with Gasteiger partial charge in [0.1, 0.15) is 23.3 Å². The van der Waals surface area contributed by atoms with Crippen molar-refractivity contribution in [1.82, 2.24) is 9.13 Å². The molecule has 8 nitrogen and oxygen atoms in total. The van der Waals surface area contributed by atoms with Gasteiger partial charge in [-0.15, -0.1) is 0 Å². The van der Waals surface area contributed by atoms with Gasteiger partial charge in [0.15, 0.2) is 11.6 Å². The lowest BCUT2D eigenvalue weighted by Gasteiger charge is -2.56. The Labute approximate surface area is 404 Å². The highest BCUT2D eigenvalue weighted by molar-refractivity contribution is 9.10. The second-order valence-corrected chi connectivity index (χ2v) is 21.1. The lowest BCUT2D eigenvalue weighted by molar-refractivity contribution is -0.158. The third kappa shape index (κ3) is 9.06. The zero-order valence-corrected chi connectivity index (χ0v) is 39.2. The number of hydrogen-bond donors (Lipinski definition) is 2. The number of hydrogen-bond acceptors (Lipinski definition) is 4. The van der Waals surface area contributed by atoms with Crippen molar-refractivity contribution in [1.29, 1.82) is 0 Å². The molecular weight excluding hydrogens is 953 g/mol. The molecule has 2 heterocycles. The molecule has 69 heavy (non-hydrogen) atoms. The molecule has 2 N–H and O–H groups in total. The van der Waals surface area contributed by atoms with Crippen LogP contribution in [0.3, 0.4) is 0 Å². The zero-order chi connectivity index (χ0) is 48.4. The fourth-order valence-electron chi connectivity index (χ4n) is 12.2. The van der Waals surface area contributed by atoms with Crippen LogP contribution in [0.1, 0.15) is 96.1 Å². The van der Waals surface area contributed by atoms with Crippen LogP contribution in [0.15, 0.2) is 120 Å². The Balaban J connectivity index is 0.000000162. The molecule has 4 fully saturated rings. The molecular formula is C56H49BrF4N2O6. The van der Waals surface area contributed by atoms with Crippen molar-refractivity contribution in [3.05, 3.63) is 166 Å². The summed E-state index contributed by atoms with van der Waals surface area (Å²) in [6, 6.07) is 28.3. The number of ketones is 2. The fourth-order valence-corrected chi connectivity index (χ4v) is 12.4. The lowest BCUT2D eigenvalue weighted by Crippen LogP contribution is -2.50. The number of carboxylic acids is 2. The van der Waals surface area contributed by atoms with Gasteiger partial charge in [-0.1, -0.05) is 48.5 Å². The van der Waals surface area contributed by atoms with Crippen LogP contribution in [-0.2, 0) is 22.7 Å². The summed E-state index contributed by atoms with van der Waals surface area (Å²) in [7, 11) is 0. The minimum absolute atomic E-state index is 0.0362. The Morgan fingerprint density at radius 2 is 0.986 bits per heavy atom. The van der Waals surface area contributed by atoms with E-state index in [0.717, 1.165) is 36.8 Å². The van der Waals surface area contributed by atoms with Gasteiger partial charge < -0.3 is 19.3 Å². The van der Waals surface area contributed by atoms with Crippen LogP contribution < -0.4 is 0 Å². The van der Waals surface area contributed by atoms with Crippen LogP contribution in [0, 0.1) is 57.8 Å². The van der Waals surface area contributed by atoms with Gasteiger partial charge in [0, 0.05) is 65.8 Å². The molecule has 0 radical (unpaired) electrons. The van der Waals surface area contributed by atoms with Gasteiger partial charge in [0.05, 0.1) is 27.3 Å². The maximum Gasteiger partial charge on any atom is 0.306 e. The maximum atomic E-state index is 14.9. The Bertz CT molecular complexity index is 3170. The minimum atomic E-state index is -0.728. The molecule has 354 valence electrons. The standard InChI is InChI=1S/C31H27F2NO3.C25H22BrF2NO3/c32-26-9-8-25(28(35)13-20-14-31(15-20)16-22(17-31)30(36)37)29-24(26)10-11-34(29)18-19-6-7-23(27(33)12-19)21-4-2-1-3-5-21;26-19-3-1-14(7-21(19)28)13-29-6-5-17-20(27)4-2-18(23(17)29)22(30)8-15-9-25(10-15)11-16(12-25)24(31)32/h1-12,20,22H,13-18H2,(H,36,37);1-7,15-16H,8-13H2,(H,31,32). The summed E-state index contributed by atoms with van der Waals surface area (Å²) >= 11 is 3.14. The summed E-state index contributed by atoms with van der Waals surface area (Å²) < 4.78 is 62.0. The third-order valence-corrected chi connectivity index (χ3v) is 16.0. The van der Waals surface area contributed by atoms with Gasteiger partial charge in [0.25, 0.3) is 0 Å². The second kappa shape index (κ2) is 18.2. The molecule has 2 spiro atoms. The first-order valence-electron chi connectivity index (χ1n) is 23.4. The molecule has 0 saturated heterocycles. The summed E-state index contributed by atoms with van der Waals surface area (Å²) in [5.74, 6) is -3.05. The van der Waals surface area contributed by atoms with Crippen LogP contribution >= 0.6 is 15.9 Å². The van der Waals surface area contributed by atoms with Crippen molar-refractivity contribution in [3.63, 3.8) is 0 Å². The van der Waals surface area contributed by atoms with Gasteiger partial charge in [-0.3, -0.25) is 19.2 Å². The summed E-state index contributed by atoms with van der Waals surface area (Å²) in [5, 5.41) is 19.0. The van der Waals surface area contributed by atoms with E-state index in [1.165, 1.54) is 30.3 Å². The van der Waals surface area contributed by atoms with E-state index in [4.69, 9.17) is 10.2 Å². The van der Waals surface area contributed by atoms with Crippen molar-refractivity contribution in [2.24, 2.45) is 34.5 Å². The van der Waals surface area contributed by atoms with Crippen LogP contribution in [-0.4, -0.2) is 42.9 Å². The Hall–Kier alpha value is -6.34. The molecule has 4 saturated carbocycles. The highest BCUT2D eigenvalue weighted by Gasteiger charge is 2.56. The van der Waals surface area contributed by atoms with E-state index < -0.39 is 23.6 Å². The number of aromatic nitrogens is 2. The van der Waals surface area contributed by atoms with Gasteiger partial charge in [-0.25, -0.2) is 17.6 Å². The topological polar surface area (TPSA) is 119 Å². The largest absolute Gasteiger partial charge is 0.481 e. The average molecular weight is 1000 g/mol. The number of carboxylic acid groups (broad SMARTS) is 2. The Morgan fingerprint density at radius 3 is 1.42 bits per heavy atom. The van der Waals surface area contributed by atoms with Gasteiger partial charge in [0.2, 0.25) is 0 Å². The molecule has 4 aliphatic rings. The van der Waals surface area contributed by atoms with Crippen LogP contribution in [0.5, 0.6) is 0 Å². The van der Waals surface area contributed by atoms with Crippen LogP contribution in [0.25, 0.3) is 32.9 Å².